The average molecular weight is 405 g/mol. The zero-order valence-electron chi connectivity index (χ0n) is 16.9. The van der Waals surface area contributed by atoms with Crippen LogP contribution in [0, 0.1) is 11.3 Å². The van der Waals surface area contributed by atoms with Gasteiger partial charge < -0.3 is 14.8 Å². The molecule has 2 aromatic rings. The van der Waals surface area contributed by atoms with Crippen molar-refractivity contribution < 1.29 is 19.1 Å². The van der Waals surface area contributed by atoms with Crippen LogP contribution in [0.4, 0.5) is 4.79 Å². The molecule has 0 spiro atoms. The fourth-order valence-electron chi connectivity index (χ4n) is 3.34. The van der Waals surface area contributed by atoms with Gasteiger partial charge in [-0.3, -0.25) is 4.90 Å². The van der Waals surface area contributed by atoms with Gasteiger partial charge in [-0.15, -0.1) is 0 Å². The highest BCUT2D eigenvalue weighted by atomic mass is 16.6. The van der Waals surface area contributed by atoms with Crippen LogP contribution in [-0.4, -0.2) is 37.2 Å². The molecule has 0 aliphatic carbocycles. The highest BCUT2D eigenvalue weighted by Gasteiger charge is 2.36. The van der Waals surface area contributed by atoms with Gasteiger partial charge in [0, 0.05) is 12.8 Å². The molecule has 0 radical (unpaired) electrons. The monoisotopic (exact) mass is 405 g/mol. The minimum Gasteiger partial charge on any atom is -0.460 e. The minimum atomic E-state index is -0.715. The van der Waals surface area contributed by atoms with Gasteiger partial charge in [0.2, 0.25) is 0 Å². The summed E-state index contributed by atoms with van der Waals surface area (Å²) in [5, 5.41) is 12.1. The number of carbonyl (C=O) groups excluding carboxylic acids is 2. The van der Waals surface area contributed by atoms with Crippen molar-refractivity contribution in [3.8, 4) is 6.07 Å². The van der Waals surface area contributed by atoms with Crippen LogP contribution in [0.5, 0.6) is 0 Å². The third-order valence-electron chi connectivity index (χ3n) is 4.87. The largest absolute Gasteiger partial charge is 0.460 e. The highest BCUT2D eigenvalue weighted by molar-refractivity contribution is 5.95. The van der Waals surface area contributed by atoms with Crippen molar-refractivity contribution >= 4 is 12.0 Å². The number of rotatable bonds is 7. The fourth-order valence-corrected chi connectivity index (χ4v) is 3.34. The topological polar surface area (TPSA) is 91.7 Å². The average Bonchev–Trinajstić information content (AvgIpc) is 2.77. The van der Waals surface area contributed by atoms with Crippen LogP contribution in [0.2, 0.25) is 0 Å². The summed E-state index contributed by atoms with van der Waals surface area (Å²) >= 11 is 0. The number of urea groups is 1. The second-order valence-electron chi connectivity index (χ2n) is 6.82. The Kier molecular flexibility index (Phi) is 6.83. The predicted octanol–water partition coefficient (Wildman–Crippen LogP) is 3.29. The summed E-state index contributed by atoms with van der Waals surface area (Å²) in [6.45, 7) is 2.42. The highest BCUT2D eigenvalue weighted by Crippen LogP contribution is 2.32. The first-order valence-electron chi connectivity index (χ1n) is 9.54. The number of nitrogens with zero attached hydrogens (tertiary/aromatic N) is 2. The molecule has 1 aliphatic rings. The SMILES string of the molecule is COCCOC(=O)C1=C(C)N(Cc2ccccc2)C(=O)NC1c1cccc(C#N)c1. The normalized spacial score (nSPS) is 16.1. The summed E-state index contributed by atoms with van der Waals surface area (Å²) in [5.41, 5.74) is 2.86. The number of amides is 2. The molecule has 154 valence electrons. The van der Waals surface area contributed by atoms with Crippen molar-refractivity contribution in [2.24, 2.45) is 0 Å². The van der Waals surface area contributed by atoms with E-state index >= 15 is 0 Å². The van der Waals surface area contributed by atoms with Crippen molar-refractivity contribution in [3.63, 3.8) is 0 Å². The molecule has 7 heteroatoms. The molecule has 0 bridgehead atoms. The van der Waals surface area contributed by atoms with E-state index in [0.29, 0.717) is 28.9 Å². The van der Waals surface area contributed by atoms with Crippen molar-refractivity contribution in [1.82, 2.24) is 10.2 Å². The van der Waals surface area contributed by atoms with Gasteiger partial charge in [-0.1, -0.05) is 42.5 Å². The third kappa shape index (κ3) is 4.67. The summed E-state index contributed by atoms with van der Waals surface area (Å²) in [7, 11) is 1.52. The smallest absolute Gasteiger partial charge is 0.338 e. The number of hydrogen-bond donors (Lipinski definition) is 1. The number of esters is 1. The Morgan fingerprint density at radius 2 is 1.93 bits per heavy atom. The first-order chi connectivity index (χ1) is 14.5. The Hall–Kier alpha value is -3.63. The molecule has 30 heavy (non-hydrogen) atoms. The number of benzene rings is 2. The standard InChI is InChI=1S/C23H23N3O4/c1-16-20(22(27)30-12-11-29-2)21(19-10-6-9-18(13-19)14-24)25-23(28)26(16)15-17-7-4-3-5-8-17/h3-10,13,21H,11-12,15H2,1-2H3,(H,25,28). The van der Waals surface area contributed by atoms with Gasteiger partial charge in [0.25, 0.3) is 0 Å². The lowest BCUT2D eigenvalue weighted by molar-refractivity contribution is -0.140. The third-order valence-corrected chi connectivity index (χ3v) is 4.87. The molecule has 3 rings (SSSR count). The van der Waals surface area contributed by atoms with Crippen LogP contribution < -0.4 is 5.32 Å². The van der Waals surface area contributed by atoms with E-state index in [-0.39, 0.29) is 19.2 Å². The molecule has 0 fully saturated rings. The van der Waals surface area contributed by atoms with Gasteiger partial charge in [0.15, 0.2) is 0 Å². The van der Waals surface area contributed by atoms with E-state index in [1.165, 1.54) is 12.0 Å². The molecule has 1 aliphatic heterocycles. The van der Waals surface area contributed by atoms with Crippen LogP contribution >= 0.6 is 0 Å². The lowest BCUT2D eigenvalue weighted by atomic mass is 9.93. The minimum absolute atomic E-state index is 0.101. The Morgan fingerprint density at radius 3 is 2.63 bits per heavy atom. The maximum absolute atomic E-state index is 12.9. The maximum Gasteiger partial charge on any atom is 0.338 e. The van der Waals surface area contributed by atoms with E-state index in [9.17, 15) is 14.9 Å². The van der Waals surface area contributed by atoms with Crippen LogP contribution in [0.15, 0.2) is 65.9 Å². The van der Waals surface area contributed by atoms with Gasteiger partial charge in [-0.05, 0) is 30.2 Å². The summed E-state index contributed by atoms with van der Waals surface area (Å²) in [4.78, 5) is 27.4. The van der Waals surface area contributed by atoms with Crippen molar-refractivity contribution in [3.05, 3.63) is 82.6 Å². The lowest BCUT2D eigenvalue weighted by Crippen LogP contribution is -2.47. The molecule has 0 aromatic heterocycles. The molecule has 1 heterocycles. The maximum atomic E-state index is 12.9. The van der Waals surface area contributed by atoms with E-state index in [1.54, 1.807) is 31.2 Å². The number of allylic oxidation sites excluding steroid dienone is 1. The summed E-state index contributed by atoms with van der Waals surface area (Å²) < 4.78 is 10.3. The molecule has 0 saturated heterocycles. The number of methoxy groups -OCH3 is 1. The van der Waals surface area contributed by atoms with Crippen molar-refractivity contribution in [1.29, 1.82) is 5.26 Å². The molecule has 1 atom stereocenters. The Morgan fingerprint density at radius 1 is 1.17 bits per heavy atom. The van der Waals surface area contributed by atoms with Crippen LogP contribution in [0.1, 0.15) is 29.7 Å². The number of nitrogens with one attached hydrogen (secondary N) is 1. The van der Waals surface area contributed by atoms with Gasteiger partial charge in [-0.25, -0.2) is 9.59 Å². The number of nitriles is 1. The zero-order chi connectivity index (χ0) is 21.5. The quantitative estimate of drug-likeness (QED) is 0.564. The molecule has 2 amide bonds. The Balaban J connectivity index is 2.00. The number of hydrogen-bond acceptors (Lipinski definition) is 5. The molecule has 1 unspecified atom stereocenters. The van der Waals surface area contributed by atoms with E-state index < -0.39 is 12.0 Å². The lowest BCUT2D eigenvalue weighted by Gasteiger charge is -2.35. The number of carbonyl (C=O) groups is 2. The second-order valence-corrected chi connectivity index (χ2v) is 6.82. The first-order valence-corrected chi connectivity index (χ1v) is 9.54. The zero-order valence-corrected chi connectivity index (χ0v) is 16.9. The molecule has 1 N–H and O–H groups in total. The van der Waals surface area contributed by atoms with Gasteiger partial charge in [-0.2, -0.15) is 5.26 Å². The van der Waals surface area contributed by atoms with Crippen molar-refractivity contribution in [2.45, 2.75) is 19.5 Å². The van der Waals surface area contributed by atoms with Gasteiger partial charge in [0.05, 0.1) is 36.4 Å². The van der Waals surface area contributed by atoms with E-state index in [4.69, 9.17) is 9.47 Å². The molecular weight excluding hydrogens is 382 g/mol. The summed E-state index contributed by atoms with van der Waals surface area (Å²) in [5.74, 6) is -0.532. The van der Waals surface area contributed by atoms with Crippen LogP contribution in [0.3, 0.4) is 0 Å². The van der Waals surface area contributed by atoms with E-state index in [2.05, 4.69) is 11.4 Å². The van der Waals surface area contributed by atoms with Crippen molar-refractivity contribution in [2.75, 3.05) is 20.3 Å². The van der Waals surface area contributed by atoms with E-state index in [0.717, 1.165) is 5.56 Å². The summed E-state index contributed by atoms with van der Waals surface area (Å²) in [6, 6.07) is 17.4. The van der Waals surface area contributed by atoms with E-state index in [1.807, 2.05) is 30.3 Å². The van der Waals surface area contributed by atoms with Crippen LogP contribution in [-0.2, 0) is 20.8 Å². The number of ether oxygens (including phenoxy) is 2. The fraction of sp³-hybridized carbons (Fsp3) is 0.261. The van der Waals surface area contributed by atoms with Gasteiger partial charge >= 0.3 is 12.0 Å². The molecule has 0 saturated carbocycles. The molecule has 2 aromatic carbocycles. The molecular formula is C23H23N3O4. The van der Waals surface area contributed by atoms with Crippen LogP contribution in [0.25, 0.3) is 0 Å². The summed E-state index contributed by atoms with van der Waals surface area (Å²) in [6.07, 6.45) is 0. The second kappa shape index (κ2) is 9.72. The predicted molar refractivity (Wildman–Crippen MR) is 110 cm³/mol. The Labute approximate surface area is 175 Å². The van der Waals surface area contributed by atoms with Gasteiger partial charge in [0.1, 0.15) is 6.61 Å². The Bertz CT molecular complexity index is 995. The first kappa shape index (κ1) is 21.1. The molecule has 7 nitrogen and oxygen atoms in total.